The minimum atomic E-state index is 0. The number of rotatable bonds is 4. The number of carbonyl (C=O) groups excluding carboxylic acids is 1. The Morgan fingerprint density at radius 1 is 1.13 bits per heavy atom. The van der Waals surface area contributed by atoms with E-state index in [1.165, 1.54) is 19.3 Å². The van der Waals surface area contributed by atoms with Gasteiger partial charge in [0.1, 0.15) is 5.75 Å². The normalized spacial score (nSPS) is 22.0. The Kier molecular flexibility index (Phi) is 7.18. The maximum Gasteiger partial charge on any atom is 0.251 e. The second-order valence-corrected chi connectivity index (χ2v) is 6.42. The zero-order valence-electron chi connectivity index (χ0n) is 13.6. The fourth-order valence-electron chi connectivity index (χ4n) is 3.33. The number of hydrogen-bond donors (Lipinski definition) is 2. The van der Waals surface area contributed by atoms with Gasteiger partial charge >= 0.3 is 0 Å². The van der Waals surface area contributed by atoms with Crippen molar-refractivity contribution in [2.24, 2.45) is 0 Å². The van der Waals surface area contributed by atoms with Crippen LogP contribution in [0.4, 0.5) is 0 Å². The number of halogens is 1. The van der Waals surface area contributed by atoms with Gasteiger partial charge in [0.25, 0.3) is 5.91 Å². The van der Waals surface area contributed by atoms with E-state index in [9.17, 15) is 4.79 Å². The van der Waals surface area contributed by atoms with Crippen LogP contribution in [-0.2, 0) is 0 Å². The van der Waals surface area contributed by atoms with E-state index < -0.39 is 0 Å². The van der Waals surface area contributed by atoms with Crippen molar-refractivity contribution in [3.8, 4) is 5.75 Å². The molecular weight excluding hydrogens is 312 g/mol. The van der Waals surface area contributed by atoms with Gasteiger partial charge in [-0.25, -0.2) is 0 Å². The second kappa shape index (κ2) is 9.14. The van der Waals surface area contributed by atoms with Gasteiger partial charge in [-0.3, -0.25) is 4.79 Å². The second-order valence-electron chi connectivity index (χ2n) is 6.42. The summed E-state index contributed by atoms with van der Waals surface area (Å²) in [6.45, 7) is 1.92. The predicted molar refractivity (Wildman–Crippen MR) is 94.5 cm³/mol. The molecule has 0 spiro atoms. The van der Waals surface area contributed by atoms with Crippen LogP contribution in [0.3, 0.4) is 0 Å². The molecule has 3 rings (SSSR count). The summed E-state index contributed by atoms with van der Waals surface area (Å²) in [5.74, 6) is 0.823. The SMILES string of the molecule is Cl.O=C(N[C@H]1CCCNC1)c1cccc(OC2CCCCC2)c1. The third-order valence-corrected chi connectivity index (χ3v) is 4.58. The zero-order valence-corrected chi connectivity index (χ0v) is 14.4. The van der Waals surface area contributed by atoms with Crippen molar-refractivity contribution in [2.45, 2.75) is 57.1 Å². The minimum Gasteiger partial charge on any atom is -0.490 e. The van der Waals surface area contributed by atoms with Gasteiger partial charge in [0.2, 0.25) is 0 Å². The molecule has 2 N–H and O–H groups in total. The van der Waals surface area contributed by atoms with Gasteiger partial charge in [0, 0.05) is 18.2 Å². The fourth-order valence-corrected chi connectivity index (χ4v) is 3.33. The molecule has 2 fully saturated rings. The number of hydrogen-bond acceptors (Lipinski definition) is 3. The summed E-state index contributed by atoms with van der Waals surface area (Å²) < 4.78 is 6.04. The number of benzene rings is 1. The molecule has 1 aromatic carbocycles. The molecule has 2 aliphatic rings. The van der Waals surface area contributed by atoms with Crippen LogP contribution in [0.1, 0.15) is 55.3 Å². The third kappa shape index (κ3) is 5.40. The standard InChI is InChI=1S/C18H26N2O2.ClH/c21-18(20-15-7-5-11-19-13-15)14-6-4-10-17(12-14)22-16-8-2-1-3-9-16;/h4,6,10,12,15-16,19H,1-3,5,7-9,11,13H2,(H,20,21);1H/t15-;/m0./s1. The van der Waals surface area contributed by atoms with Gasteiger partial charge in [-0.2, -0.15) is 0 Å². The molecule has 128 valence electrons. The lowest BCUT2D eigenvalue weighted by Crippen LogP contribution is -2.45. The van der Waals surface area contributed by atoms with E-state index in [-0.39, 0.29) is 24.4 Å². The predicted octanol–water partition coefficient (Wildman–Crippen LogP) is 3.30. The van der Waals surface area contributed by atoms with Crippen LogP contribution in [0.2, 0.25) is 0 Å². The first-order chi connectivity index (χ1) is 10.8. The van der Waals surface area contributed by atoms with E-state index >= 15 is 0 Å². The number of piperidine rings is 1. The first-order valence-corrected chi connectivity index (χ1v) is 8.59. The summed E-state index contributed by atoms with van der Waals surface area (Å²) >= 11 is 0. The first kappa shape index (κ1) is 18.1. The highest BCUT2D eigenvalue weighted by molar-refractivity contribution is 5.94. The van der Waals surface area contributed by atoms with Crippen LogP contribution in [0.25, 0.3) is 0 Å². The van der Waals surface area contributed by atoms with Gasteiger partial charge < -0.3 is 15.4 Å². The summed E-state index contributed by atoms with van der Waals surface area (Å²) in [6.07, 6.45) is 8.56. The molecule has 1 saturated heterocycles. The molecular formula is C18H27ClN2O2. The van der Waals surface area contributed by atoms with E-state index in [2.05, 4.69) is 10.6 Å². The average Bonchev–Trinajstić information content (AvgIpc) is 2.57. The smallest absolute Gasteiger partial charge is 0.251 e. The minimum absolute atomic E-state index is 0. The molecule has 1 heterocycles. The highest BCUT2D eigenvalue weighted by atomic mass is 35.5. The van der Waals surface area contributed by atoms with Crippen molar-refractivity contribution in [3.63, 3.8) is 0 Å². The highest BCUT2D eigenvalue weighted by Crippen LogP contribution is 2.24. The summed E-state index contributed by atoms with van der Waals surface area (Å²) in [6, 6.07) is 7.84. The molecule has 1 atom stereocenters. The van der Waals surface area contributed by atoms with Crippen LogP contribution < -0.4 is 15.4 Å². The molecule has 1 saturated carbocycles. The Bertz CT molecular complexity index is 498. The number of amides is 1. The van der Waals surface area contributed by atoms with E-state index in [0.717, 1.165) is 44.5 Å². The van der Waals surface area contributed by atoms with Crippen LogP contribution in [-0.4, -0.2) is 31.1 Å². The van der Waals surface area contributed by atoms with Crippen LogP contribution in [0.15, 0.2) is 24.3 Å². The molecule has 1 aliphatic carbocycles. The highest BCUT2D eigenvalue weighted by Gasteiger charge is 2.18. The van der Waals surface area contributed by atoms with Gasteiger partial charge in [-0.1, -0.05) is 12.5 Å². The quantitative estimate of drug-likeness (QED) is 0.885. The number of nitrogens with one attached hydrogen (secondary N) is 2. The Labute approximate surface area is 144 Å². The Balaban J connectivity index is 0.00000192. The maximum absolute atomic E-state index is 12.4. The summed E-state index contributed by atoms with van der Waals surface area (Å²) in [4.78, 5) is 12.4. The van der Waals surface area contributed by atoms with Crippen molar-refractivity contribution in [1.29, 1.82) is 0 Å². The van der Waals surface area contributed by atoms with Crippen molar-refractivity contribution < 1.29 is 9.53 Å². The number of carbonyl (C=O) groups is 1. The monoisotopic (exact) mass is 338 g/mol. The fraction of sp³-hybridized carbons (Fsp3) is 0.611. The van der Waals surface area contributed by atoms with Crippen LogP contribution in [0, 0.1) is 0 Å². The van der Waals surface area contributed by atoms with E-state index in [1.54, 1.807) is 0 Å². The zero-order chi connectivity index (χ0) is 15.2. The van der Waals surface area contributed by atoms with Gasteiger partial charge in [-0.15, -0.1) is 12.4 Å². The molecule has 23 heavy (non-hydrogen) atoms. The van der Waals surface area contributed by atoms with Gasteiger partial charge in [-0.05, 0) is 63.3 Å². The Morgan fingerprint density at radius 2 is 1.96 bits per heavy atom. The third-order valence-electron chi connectivity index (χ3n) is 4.58. The van der Waals surface area contributed by atoms with Crippen molar-refractivity contribution in [2.75, 3.05) is 13.1 Å². The molecule has 1 amide bonds. The maximum atomic E-state index is 12.4. The van der Waals surface area contributed by atoms with E-state index in [1.807, 2.05) is 24.3 Å². The Morgan fingerprint density at radius 3 is 2.70 bits per heavy atom. The first-order valence-electron chi connectivity index (χ1n) is 8.59. The Hall–Kier alpha value is -1.26. The molecule has 1 aliphatic heterocycles. The lowest BCUT2D eigenvalue weighted by molar-refractivity contribution is 0.0929. The lowest BCUT2D eigenvalue weighted by atomic mass is 9.98. The molecule has 0 bridgehead atoms. The van der Waals surface area contributed by atoms with Crippen molar-refractivity contribution in [1.82, 2.24) is 10.6 Å². The van der Waals surface area contributed by atoms with Crippen LogP contribution >= 0.6 is 12.4 Å². The summed E-state index contributed by atoms with van der Waals surface area (Å²) in [7, 11) is 0. The molecule has 4 nitrogen and oxygen atoms in total. The molecule has 1 aromatic rings. The van der Waals surface area contributed by atoms with E-state index in [0.29, 0.717) is 11.7 Å². The topological polar surface area (TPSA) is 50.4 Å². The van der Waals surface area contributed by atoms with Crippen molar-refractivity contribution >= 4 is 18.3 Å². The molecule has 0 unspecified atom stereocenters. The molecule has 0 radical (unpaired) electrons. The van der Waals surface area contributed by atoms with Crippen molar-refractivity contribution in [3.05, 3.63) is 29.8 Å². The van der Waals surface area contributed by atoms with E-state index in [4.69, 9.17) is 4.74 Å². The van der Waals surface area contributed by atoms with Gasteiger partial charge in [0.15, 0.2) is 0 Å². The van der Waals surface area contributed by atoms with Crippen LogP contribution in [0.5, 0.6) is 5.75 Å². The average molecular weight is 339 g/mol. The number of ether oxygens (including phenoxy) is 1. The lowest BCUT2D eigenvalue weighted by Gasteiger charge is -2.24. The van der Waals surface area contributed by atoms with Gasteiger partial charge in [0.05, 0.1) is 6.10 Å². The summed E-state index contributed by atoms with van der Waals surface area (Å²) in [5, 5.41) is 6.43. The molecule has 0 aromatic heterocycles. The largest absolute Gasteiger partial charge is 0.490 e. The summed E-state index contributed by atoms with van der Waals surface area (Å²) in [5.41, 5.74) is 0.693. The molecule has 5 heteroatoms.